The SMILES string of the molecule is N#CCCCOc1cccc(CNCc2cccc(Br)c2)c1. The van der Waals surface area contributed by atoms with Crippen molar-refractivity contribution in [1.82, 2.24) is 5.32 Å². The number of hydrogen-bond acceptors (Lipinski definition) is 3. The zero-order chi connectivity index (χ0) is 15.6. The van der Waals surface area contributed by atoms with E-state index in [0.29, 0.717) is 13.0 Å². The van der Waals surface area contributed by atoms with Gasteiger partial charge in [0.05, 0.1) is 12.7 Å². The van der Waals surface area contributed by atoms with Gasteiger partial charge in [-0.25, -0.2) is 0 Å². The van der Waals surface area contributed by atoms with E-state index in [0.717, 1.165) is 29.7 Å². The minimum atomic E-state index is 0.536. The summed E-state index contributed by atoms with van der Waals surface area (Å²) in [7, 11) is 0. The molecule has 1 N–H and O–H groups in total. The van der Waals surface area contributed by atoms with Gasteiger partial charge >= 0.3 is 0 Å². The summed E-state index contributed by atoms with van der Waals surface area (Å²) in [4.78, 5) is 0. The Kier molecular flexibility index (Phi) is 6.95. The molecule has 0 heterocycles. The van der Waals surface area contributed by atoms with Crippen LogP contribution in [0, 0.1) is 11.3 Å². The number of nitrogens with zero attached hydrogens (tertiary/aromatic N) is 1. The smallest absolute Gasteiger partial charge is 0.119 e. The largest absolute Gasteiger partial charge is 0.494 e. The first-order valence-corrected chi connectivity index (χ1v) is 8.11. The molecule has 0 aliphatic heterocycles. The summed E-state index contributed by atoms with van der Waals surface area (Å²) in [6, 6.07) is 18.5. The lowest BCUT2D eigenvalue weighted by Crippen LogP contribution is -2.12. The molecule has 0 unspecified atom stereocenters. The van der Waals surface area contributed by atoms with Crippen LogP contribution in [0.15, 0.2) is 53.0 Å². The number of nitriles is 1. The highest BCUT2D eigenvalue weighted by Gasteiger charge is 1.98. The van der Waals surface area contributed by atoms with Gasteiger partial charge < -0.3 is 10.1 Å². The first kappa shape index (κ1) is 16.5. The number of hydrogen-bond donors (Lipinski definition) is 1. The van der Waals surface area contributed by atoms with Crippen LogP contribution in [0.3, 0.4) is 0 Å². The number of benzene rings is 2. The number of rotatable bonds is 8. The second-order valence-corrected chi connectivity index (χ2v) is 5.91. The molecule has 2 aromatic rings. The van der Waals surface area contributed by atoms with Crippen molar-refractivity contribution >= 4 is 15.9 Å². The van der Waals surface area contributed by atoms with Gasteiger partial charge in [0, 0.05) is 24.0 Å². The van der Waals surface area contributed by atoms with E-state index in [-0.39, 0.29) is 0 Å². The van der Waals surface area contributed by atoms with E-state index in [4.69, 9.17) is 10.00 Å². The third kappa shape index (κ3) is 5.88. The molecule has 0 aliphatic carbocycles. The minimum absolute atomic E-state index is 0.536. The quantitative estimate of drug-likeness (QED) is 0.710. The predicted molar refractivity (Wildman–Crippen MR) is 91.5 cm³/mol. The maximum atomic E-state index is 8.50. The maximum Gasteiger partial charge on any atom is 0.119 e. The molecule has 0 spiro atoms. The van der Waals surface area contributed by atoms with E-state index in [9.17, 15) is 0 Å². The molecule has 114 valence electrons. The monoisotopic (exact) mass is 358 g/mol. The van der Waals surface area contributed by atoms with Crippen LogP contribution in [-0.2, 0) is 13.1 Å². The molecular formula is C18H19BrN2O. The van der Waals surface area contributed by atoms with Gasteiger partial charge in [-0.1, -0.05) is 40.2 Å². The fourth-order valence-electron chi connectivity index (χ4n) is 2.08. The summed E-state index contributed by atoms with van der Waals surface area (Å²) < 4.78 is 6.74. The Morgan fingerprint density at radius 2 is 1.77 bits per heavy atom. The Morgan fingerprint density at radius 1 is 1.05 bits per heavy atom. The van der Waals surface area contributed by atoms with Gasteiger partial charge in [0.1, 0.15) is 5.75 Å². The minimum Gasteiger partial charge on any atom is -0.494 e. The van der Waals surface area contributed by atoms with Gasteiger partial charge in [-0.2, -0.15) is 5.26 Å². The lowest BCUT2D eigenvalue weighted by molar-refractivity contribution is 0.312. The molecule has 22 heavy (non-hydrogen) atoms. The molecule has 0 bridgehead atoms. The zero-order valence-corrected chi connectivity index (χ0v) is 14.0. The lowest BCUT2D eigenvalue weighted by Gasteiger charge is -2.09. The summed E-state index contributed by atoms with van der Waals surface area (Å²) in [6.45, 7) is 2.21. The van der Waals surface area contributed by atoms with Crippen molar-refractivity contribution in [3.63, 3.8) is 0 Å². The van der Waals surface area contributed by atoms with Gasteiger partial charge in [0.25, 0.3) is 0 Å². The van der Waals surface area contributed by atoms with E-state index in [1.807, 2.05) is 30.3 Å². The third-order valence-electron chi connectivity index (χ3n) is 3.15. The Balaban J connectivity index is 1.79. The molecule has 4 heteroatoms. The van der Waals surface area contributed by atoms with E-state index in [2.05, 4.69) is 45.5 Å². The Bertz CT molecular complexity index is 637. The van der Waals surface area contributed by atoms with Gasteiger partial charge in [-0.05, 0) is 41.8 Å². The molecule has 0 saturated carbocycles. The van der Waals surface area contributed by atoms with Crippen molar-refractivity contribution in [3.8, 4) is 11.8 Å². The van der Waals surface area contributed by atoms with Gasteiger partial charge in [0.2, 0.25) is 0 Å². The van der Waals surface area contributed by atoms with Crippen molar-refractivity contribution in [2.75, 3.05) is 6.61 Å². The standard InChI is InChI=1S/C18H19BrN2O/c19-17-7-3-5-15(11-17)13-21-14-16-6-4-8-18(12-16)22-10-2-1-9-20/h3-8,11-12,21H,1-2,10,13-14H2. The molecular weight excluding hydrogens is 340 g/mol. The average Bonchev–Trinajstić information content (AvgIpc) is 2.52. The Hall–Kier alpha value is -1.83. The molecule has 0 aliphatic rings. The van der Waals surface area contributed by atoms with Crippen molar-refractivity contribution in [2.45, 2.75) is 25.9 Å². The summed E-state index contributed by atoms with van der Waals surface area (Å²) >= 11 is 3.48. The molecule has 0 fully saturated rings. The summed E-state index contributed by atoms with van der Waals surface area (Å²) in [5, 5.41) is 11.9. The molecule has 0 saturated heterocycles. The molecule has 0 aromatic heterocycles. The van der Waals surface area contributed by atoms with Crippen LogP contribution in [0.5, 0.6) is 5.75 Å². The highest BCUT2D eigenvalue weighted by Crippen LogP contribution is 2.14. The number of ether oxygens (including phenoxy) is 1. The van der Waals surface area contributed by atoms with Crippen molar-refractivity contribution < 1.29 is 4.74 Å². The van der Waals surface area contributed by atoms with Crippen LogP contribution in [-0.4, -0.2) is 6.61 Å². The fraction of sp³-hybridized carbons (Fsp3) is 0.278. The van der Waals surface area contributed by atoms with Crippen molar-refractivity contribution in [2.24, 2.45) is 0 Å². The van der Waals surface area contributed by atoms with E-state index < -0.39 is 0 Å². The number of unbranched alkanes of at least 4 members (excludes halogenated alkanes) is 1. The van der Waals surface area contributed by atoms with Crippen molar-refractivity contribution in [1.29, 1.82) is 5.26 Å². The van der Waals surface area contributed by atoms with Crippen LogP contribution in [0.4, 0.5) is 0 Å². The molecule has 0 amide bonds. The summed E-state index contributed by atoms with van der Waals surface area (Å²) in [6.07, 6.45) is 1.30. The number of nitrogens with one attached hydrogen (secondary N) is 1. The second kappa shape index (κ2) is 9.24. The van der Waals surface area contributed by atoms with Crippen LogP contribution in [0.2, 0.25) is 0 Å². The predicted octanol–water partition coefficient (Wildman–Crippen LogP) is 4.42. The van der Waals surface area contributed by atoms with Gasteiger partial charge in [-0.3, -0.25) is 0 Å². The van der Waals surface area contributed by atoms with Crippen LogP contribution < -0.4 is 10.1 Å². The molecule has 0 radical (unpaired) electrons. The first-order valence-electron chi connectivity index (χ1n) is 7.32. The zero-order valence-electron chi connectivity index (χ0n) is 12.4. The Labute approximate surface area is 140 Å². The number of halogens is 1. The maximum absolute atomic E-state index is 8.50. The summed E-state index contributed by atoms with van der Waals surface area (Å²) in [5.41, 5.74) is 2.44. The van der Waals surface area contributed by atoms with Crippen LogP contribution in [0.25, 0.3) is 0 Å². The fourth-order valence-corrected chi connectivity index (χ4v) is 2.53. The molecule has 0 atom stereocenters. The Morgan fingerprint density at radius 3 is 2.50 bits per heavy atom. The lowest BCUT2D eigenvalue weighted by atomic mass is 10.2. The van der Waals surface area contributed by atoms with E-state index in [1.165, 1.54) is 11.1 Å². The first-order chi connectivity index (χ1) is 10.8. The normalized spacial score (nSPS) is 10.2. The van der Waals surface area contributed by atoms with E-state index in [1.54, 1.807) is 0 Å². The highest BCUT2D eigenvalue weighted by molar-refractivity contribution is 9.10. The van der Waals surface area contributed by atoms with Gasteiger partial charge in [-0.15, -0.1) is 0 Å². The topological polar surface area (TPSA) is 45.0 Å². The molecule has 3 nitrogen and oxygen atoms in total. The second-order valence-electron chi connectivity index (χ2n) is 4.99. The van der Waals surface area contributed by atoms with Crippen LogP contribution in [0.1, 0.15) is 24.0 Å². The third-order valence-corrected chi connectivity index (χ3v) is 3.64. The summed E-state index contributed by atoms with van der Waals surface area (Å²) in [5.74, 6) is 0.861. The van der Waals surface area contributed by atoms with Crippen LogP contribution >= 0.6 is 15.9 Å². The van der Waals surface area contributed by atoms with E-state index >= 15 is 0 Å². The highest BCUT2D eigenvalue weighted by atomic mass is 79.9. The van der Waals surface area contributed by atoms with Gasteiger partial charge in [0.15, 0.2) is 0 Å². The van der Waals surface area contributed by atoms with Crippen molar-refractivity contribution in [3.05, 3.63) is 64.1 Å². The molecule has 2 aromatic carbocycles. The molecule has 2 rings (SSSR count). The average molecular weight is 359 g/mol.